The van der Waals surface area contributed by atoms with Crippen LogP contribution in [-0.2, 0) is 9.53 Å². The molecule has 4 heteroatoms. The minimum Gasteiger partial charge on any atom is -0.464 e. The molecule has 0 bridgehead atoms. The molecule has 0 aromatic heterocycles. The lowest BCUT2D eigenvalue weighted by Crippen LogP contribution is -2.37. The van der Waals surface area contributed by atoms with Gasteiger partial charge in [-0.3, -0.25) is 4.79 Å². The fourth-order valence-electron chi connectivity index (χ4n) is 1.52. The van der Waals surface area contributed by atoms with Crippen LogP contribution in [-0.4, -0.2) is 24.5 Å². The van der Waals surface area contributed by atoms with Gasteiger partial charge in [0.25, 0.3) is 5.91 Å². The maximum Gasteiger partial charge on any atom is 0.328 e. The summed E-state index contributed by atoms with van der Waals surface area (Å²) in [4.78, 5) is 22.9. The Labute approximate surface area is 93.6 Å². The second-order valence-corrected chi connectivity index (χ2v) is 3.68. The van der Waals surface area contributed by atoms with Crippen molar-refractivity contribution in [2.45, 2.75) is 12.5 Å². The summed E-state index contributed by atoms with van der Waals surface area (Å²) < 4.78 is 4.76. The average molecular weight is 218 g/mol. The maximum atomic E-state index is 11.7. The monoisotopic (exact) mass is 218 g/mol. The molecule has 1 aliphatic rings. The van der Waals surface area contributed by atoms with E-state index in [4.69, 9.17) is 4.74 Å². The fourth-order valence-corrected chi connectivity index (χ4v) is 1.52. The normalized spacial score (nSPS) is 19.3. The van der Waals surface area contributed by atoms with Crippen LogP contribution in [0.2, 0.25) is 0 Å². The molecule has 1 aliphatic heterocycles. The highest BCUT2D eigenvalue weighted by Gasteiger charge is 2.28. The van der Waals surface area contributed by atoms with E-state index in [2.05, 4.69) is 12.2 Å². The summed E-state index contributed by atoms with van der Waals surface area (Å²) >= 11 is 0. The van der Waals surface area contributed by atoms with E-state index in [0.717, 1.165) is 5.56 Å². The third kappa shape index (κ3) is 2.21. The molecule has 1 unspecified atom stereocenters. The Morgan fingerprint density at radius 3 is 2.62 bits per heavy atom. The SMILES string of the molecule is [CH2]c1ccc(C(=O)NC2CCOC2=O)cc1. The van der Waals surface area contributed by atoms with E-state index >= 15 is 0 Å². The highest BCUT2D eigenvalue weighted by molar-refractivity contribution is 5.97. The van der Waals surface area contributed by atoms with Crippen LogP contribution in [0.4, 0.5) is 0 Å². The van der Waals surface area contributed by atoms with Crippen LogP contribution in [0.3, 0.4) is 0 Å². The third-order valence-electron chi connectivity index (χ3n) is 2.46. The van der Waals surface area contributed by atoms with Gasteiger partial charge in [-0.1, -0.05) is 12.1 Å². The number of esters is 1. The van der Waals surface area contributed by atoms with Crippen LogP contribution in [0, 0.1) is 6.92 Å². The molecule has 1 saturated heterocycles. The van der Waals surface area contributed by atoms with Gasteiger partial charge in [-0.2, -0.15) is 0 Å². The molecule has 16 heavy (non-hydrogen) atoms. The van der Waals surface area contributed by atoms with Crippen LogP contribution in [0.25, 0.3) is 0 Å². The molecule has 1 fully saturated rings. The Morgan fingerprint density at radius 1 is 1.38 bits per heavy atom. The summed E-state index contributed by atoms with van der Waals surface area (Å²) in [7, 11) is 0. The van der Waals surface area contributed by atoms with Crippen LogP contribution in [0.15, 0.2) is 24.3 Å². The number of cyclic esters (lactones) is 1. The number of nitrogens with one attached hydrogen (secondary N) is 1. The Hall–Kier alpha value is -1.84. The maximum absolute atomic E-state index is 11.7. The van der Waals surface area contributed by atoms with Gasteiger partial charge < -0.3 is 10.1 Å². The Bertz CT molecular complexity index is 411. The standard InChI is InChI=1S/C12H12NO3/c1-8-2-4-9(5-3-8)11(14)13-10-6-7-16-12(10)15/h2-5,10H,1,6-7H2,(H,13,14). The van der Waals surface area contributed by atoms with Crippen LogP contribution in [0.5, 0.6) is 0 Å². The largest absolute Gasteiger partial charge is 0.464 e. The van der Waals surface area contributed by atoms with Crippen LogP contribution >= 0.6 is 0 Å². The van der Waals surface area contributed by atoms with Gasteiger partial charge in [0.05, 0.1) is 6.61 Å². The van der Waals surface area contributed by atoms with Crippen molar-refractivity contribution in [3.05, 3.63) is 42.3 Å². The minimum absolute atomic E-state index is 0.260. The van der Waals surface area contributed by atoms with Crippen molar-refractivity contribution in [1.82, 2.24) is 5.32 Å². The molecule has 1 aromatic rings. The van der Waals surface area contributed by atoms with E-state index in [1.165, 1.54) is 0 Å². The van der Waals surface area contributed by atoms with Crippen molar-refractivity contribution >= 4 is 11.9 Å². The predicted octanol–water partition coefficient (Wildman–Crippen LogP) is 0.914. The predicted molar refractivity (Wildman–Crippen MR) is 57.7 cm³/mol. The molecule has 1 aromatic carbocycles. The summed E-state index contributed by atoms with van der Waals surface area (Å²) in [6.07, 6.45) is 0.540. The minimum atomic E-state index is -0.507. The summed E-state index contributed by atoms with van der Waals surface area (Å²) in [6.45, 7) is 4.11. The number of carbonyl (C=O) groups excluding carboxylic acids is 2. The highest BCUT2D eigenvalue weighted by Crippen LogP contribution is 2.08. The molecule has 1 heterocycles. The first kappa shape index (κ1) is 10.7. The zero-order chi connectivity index (χ0) is 11.5. The van der Waals surface area contributed by atoms with Gasteiger partial charge in [-0.05, 0) is 24.6 Å². The molecular formula is C12H12NO3. The van der Waals surface area contributed by atoms with Gasteiger partial charge in [-0.15, -0.1) is 0 Å². The van der Waals surface area contributed by atoms with Gasteiger partial charge in [0.2, 0.25) is 0 Å². The lowest BCUT2D eigenvalue weighted by molar-refractivity contribution is -0.139. The lowest BCUT2D eigenvalue weighted by atomic mass is 10.1. The van der Waals surface area contributed by atoms with Gasteiger partial charge in [0.1, 0.15) is 6.04 Å². The second-order valence-electron chi connectivity index (χ2n) is 3.68. The van der Waals surface area contributed by atoms with Gasteiger partial charge in [0.15, 0.2) is 0 Å². The number of ether oxygens (including phenoxy) is 1. The number of carbonyl (C=O) groups is 2. The lowest BCUT2D eigenvalue weighted by Gasteiger charge is -2.08. The second kappa shape index (κ2) is 4.35. The number of hydrogen-bond donors (Lipinski definition) is 1. The molecule has 0 aliphatic carbocycles. The fraction of sp³-hybridized carbons (Fsp3) is 0.250. The van der Waals surface area contributed by atoms with Crippen molar-refractivity contribution in [3.63, 3.8) is 0 Å². The Balaban J connectivity index is 2.02. The van der Waals surface area contributed by atoms with Crippen molar-refractivity contribution in [2.24, 2.45) is 0 Å². The van der Waals surface area contributed by atoms with E-state index in [1.807, 2.05) is 0 Å². The van der Waals surface area contributed by atoms with Crippen molar-refractivity contribution in [1.29, 1.82) is 0 Å². The van der Waals surface area contributed by atoms with E-state index in [-0.39, 0.29) is 11.9 Å². The topological polar surface area (TPSA) is 55.4 Å². The van der Waals surface area contributed by atoms with Crippen molar-refractivity contribution in [2.75, 3.05) is 6.61 Å². The van der Waals surface area contributed by atoms with E-state index < -0.39 is 6.04 Å². The molecular weight excluding hydrogens is 206 g/mol. The van der Waals surface area contributed by atoms with E-state index in [0.29, 0.717) is 18.6 Å². The van der Waals surface area contributed by atoms with Gasteiger partial charge >= 0.3 is 5.97 Å². The molecule has 1 N–H and O–H groups in total. The summed E-state index contributed by atoms with van der Waals surface area (Å²) in [5, 5.41) is 2.63. The zero-order valence-corrected chi connectivity index (χ0v) is 8.73. The Kier molecular flexibility index (Phi) is 2.90. The highest BCUT2D eigenvalue weighted by atomic mass is 16.5. The number of hydrogen-bond acceptors (Lipinski definition) is 3. The van der Waals surface area contributed by atoms with Crippen molar-refractivity contribution in [3.8, 4) is 0 Å². The van der Waals surface area contributed by atoms with Gasteiger partial charge in [-0.25, -0.2) is 4.79 Å². The number of amides is 1. The molecule has 1 amide bonds. The Morgan fingerprint density at radius 2 is 2.06 bits per heavy atom. The van der Waals surface area contributed by atoms with Gasteiger partial charge in [0, 0.05) is 12.0 Å². The molecule has 0 saturated carbocycles. The molecule has 2 rings (SSSR count). The molecule has 0 spiro atoms. The van der Waals surface area contributed by atoms with E-state index in [1.54, 1.807) is 24.3 Å². The van der Waals surface area contributed by atoms with E-state index in [9.17, 15) is 9.59 Å². The van der Waals surface area contributed by atoms with Crippen molar-refractivity contribution < 1.29 is 14.3 Å². The first-order valence-electron chi connectivity index (χ1n) is 5.06. The number of rotatable bonds is 2. The first-order valence-corrected chi connectivity index (χ1v) is 5.06. The summed E-state index contributed by atoms with van der Waals surface area (Å²) in [6, 6.07) is 6.35. The number of benzene rings is 1. The average Bonchev–Trinajstić information content (AvgIpc) is 2.65. The third-order valence-corrected chi connectivity index (χ3v) is 2.46. The summed E-state index contributed by atoms with van der Waals surface area (Å²) in [5.74, 6) is -0.619. The summed E-state index contributed by atoms with van der Waals surface area (Å²) in [5.41, 5.74) is 1.36. The molecule has 1 atom stereocenters. The smallest absolute Gasteiger partial charge is 0.328 e. The zero-order valence-electron chi connectivity index (χ0n) is 8.73. The van der Waals surface area contributed by atoms with Crippen LogP contribution < -0.4 is 5.32 Å². The van der Waals surface area contributed by atoms with Crippen LogP contribution in [0.1, 0.15) is 22.3 Å². The molecule has 1 radical (unpaired) electrons. The molecule has 83 valence electrons. The quantitative estimate of drug-likeness (QED) is 0.751. The first-order chi connectivity index (χ1) is 7.66. The molecule has 4 nitrogen and oxygen atoms in total.